The first kappa shape index (κ1) is 18.9. The van der Waals surface area contributed by atoms with Crippen LogP contribution >= 0.6 is 12.4 Å². The van der Waals surface area contributed by atoms with Crippen molar-refractivity contribution in [1.29, 1.82) is 0 Å². The van der Waals surface area contributed by atoms with E-state index in [4.69, 9.17) is 5.73 Å². The van der Waals surface area contributed by atoms with Crippen LogP contribution < -0.4 is 11.1 Å². The average molecular weight is 330 g/mol. The van der Waals surface area contributed by atoms with Crippen molar-refractivity contribution in [2.24, 2.45) is 5.73 Å². The van der Waals surface area contributed by atoms with Crippen LogP contribution in [0.25, 0.3) is 0 Å². The van der Waals surface area contributed by atoms with Gasteiger partial charge in [0, 0.05) is 19.1 Å². The molecule has 0 radical (unpaired) electrons. The molecular weight excluding hydrogens is 305 g/mol. The number of hydrogen-bond donors (Lipinski definition) is 2. The Labute approximate surface area is 137 Å². The lowest BCUT2D eigenvalue weighted by Gasteiger charge is -2.34. The Morgan fingerprint density at radius 1 is 1.45 bits per heavy atom. The van der Waals surface area contributed by atoms with Crippen molar-refractivity contribution in [1.82, 2.24) is 10.2 Å². The van der Waals surface area contributed by atoms with Crippen LogP contribution in [-0.2, 0) is 11.3 Å². The van der Waals surface area contributed by atoms with E-state index in [0.29, 0.717) is 31.2 Å². The second-order valence-electron chi connectivity index (χ2n) is 5.72. The number of halogens is 2. The van der Waals surface area contributed by atoms with Crippen LogP contribution in [0.3, 0.4) is 0 Å². The molecule has 0 aliphatic carbocycles. The van der Waals surface area contributed by atoms with Crippen molar-refractivity contribution in [3.63, 3.8) is 0 Å². The molecule has 0 bridgehead atoms. The van der Waals surface area contributed by atoms with E-state index >= 15 is 0 Å². The lowest BCUT2D eigenvalue weighted by molar-refractivity contribution is -0.123. The lowest BCUT2D eigenvalue weighted by atomic mass is 10.0. The Kier molecular flexibility index (Phi) is 7.79. The number of rotatable bonds is 5. The van der Waals surface area contributed by atoms with E-state index < -0.39 is 0 Å². The normalized spacial score (nSPS) is 18.6. The Balaban J connectivity index is 0.00000242. The first-order chi connectivity index (χ1) is 10.1. The van der Waals surface area contributed by atoms with Gasteiger partial charge in [-0.15, -0.1) is 12.4 Å². The topological polar surface area (TPSA) is 58.4 Å². The minimum atomic E-state index is -0.235. The highest BCUT2D eigenvalue weighted by Crippen LogP contribution is 2.15. The van der Waals surface area contributed by atoms with E-state index in [0.717, 1.165) is 24.9 Å². The van der Waals surface area contributed by atoms with Gasteiger partial charge in [-0.05, 0) is 43.5 Å². The summed E-state index contributed by atoms with van der Waals surface area (Å²) in [6, 6.07) is 5.34. The molecule has 1 atom stereocenters. The van der Waals surface area contributed by atoms with E-state index in [9.17, 15) is 9.18 Å². The van der Waals surface area contributed by atoms with Crippen molar-refractivity contribution in [3.05, 3.63) is 35.1 Å². The van der Waals surface area contributed by atoms with Gasteiger partial charge in [0.1, 0.15) is 5.82 Å². The number of hydrogen-bond acceptors (Lipinski definition) is 3. The second kappa shape index (κ2) is 9.08. The molecule has 1 amide bonds. The molecule has 0 aromatic heterocycles. The average Bonchev–Trinajstić information content (AvgIpc) is 2.49. The van der Waals surface area contributed by atoms with Crippen LogP contribution in [0.4, 0.5) is 4.39 Å². The summed E-state index contributed by atoms with van der Waals surface area (Å²) in [6.45, 7) is 3.97. The molecule has 4 nitrogen and oxygen atoms in total. The molecule has 1 fully saturated rings. The third kappa shape index (κ3) is 5.23. The molecular formula is C16H25ClFN3O. The summed E-state index contributed by atoms with van der Waals surface area (Å²) >= 11 is 0. The molecule has 0 saturated carbocycles. The van der Waals surface area contributed by atoms with E-state index in [1.165, 1.54) is 12.5 Å². The highest BCUT2D eigenvalue weighted by atomic mass is 35.5. The van der Waals surface area contributed by atoms with Gasteiger partial charge in [-0.25, -0.2) is 4.39 Å². The first-order valence-corrected chi connectivity index (χ1v) is 7.56. The molecule has 124 valence electrons. The van der Waals surface area contributed by atoms with Gasteiger partial charge in [-0.2, -0.15) is 0 Å². The van der Waals surface area contributed by atoms with Gasteiger partial charge in [-0.1, -0.05) is 18.6 Å². The summed E-state index contributed by atoms with van der Waals surface area (Å²) < 4.78 is 13.4. The van der Waals surface area contributed by atoms with Gasteiger partial charge in [-0.3, -0.25) is 9.69 Å². The fraction of sp³-hybridized carbons (Fsp3) is 0.562. The Morgan fingerprint density at radius 2 is 2.23 bits per heavy atom. The molecule has 1 aromatic rings. The van der Waals surface area contributed by atoms with Gasteiger partial charge in [0.2, 0.25) is 5.91 Å². The van der Waals surface area contributed by atoms with Gasteiger partial charge in [0.15, 0.2) is 0 Å². The highest BCUT2D eigenvalue weighted by Gasteiger charge is 2.22. The number of aryl methyl sites for hydroxylation is 1. The SMILES string of the molecule is Cc1ccc(CNC(=O)CN2CCCCC2CN)cc1F.Cl. The van der Waals surface area contributed by atoms with Crippen LogP contribution in [0, 0.1) is 12.7 Å². The van der Waals surface area contributed by atoms with Crippen LogP contribution in [0.15, 0.2) is 18.2 Å². The van der Waals surface area contributed by atoms with Crippen molar-refractivity contribution in [2.45, 2.75) is 38.8 Å². The number of likely N-dealkylation sites (tertiary alicyclic amines) is 1. The number of nitrogens with one attached hydrogen (secondary N) is 1. The number of benzene rings is 1. The van der Waals surface area contributed by atoms with E-state index in [1.807, 2.05) is 6.07 Å². The summed E-state index contributed by atoms with van der Waals surface area (Å²) in [5, 5.41) is 2.85. The van der Waals surface area contributed by atoms with Crippen LogP contribution in [0.1, 0.15) is 30.4 Å². The predicted molar refractivity (Wildman–Crippen MR) is 88.5 cm³/mol. The largest absolute Gasteiger partial charge is 0.351 e. The molecule has 0 spiro atoms. The summed E-state index contributed by atoms with van der Waals surface area (Å²) in [5.41, 5.74) is 7.14. The van der Waals surface area contributed by atoms with Gasteiger partial charge in [0.25, 0.3) is 0 Å². The molecule has 1 aliphatic rings. The van der Waals surface area contributed by atoms with Gasteiger partial charge < -0.3 is 11.1 Å². The van der Waals surface area contributed by atoms with Gasteiger partial charge >= 0.3 is 0 Å². The fourth-order valence-electron chi connectivity index (χ4n) is 2.72. The number of piperidine rings is 1. The number of carbonyl (C=O) groups excluding carboxylic acids is 1. The predicted octanol–water partition coefficient (Wildman–Crippen LogP) is 1.99. The molecule has 6 heteroatoms. The summed E-state index contributed by atoms with van der Waals surface area (Å²) in [5.74, 6) is -0.266. The van der Waals surface area contributed by atoms with Crippen LogP contribution in [0.2, 0.25) is 0 Å². The number of carbonyl (C=O) groups is 1. The Bertz CT molecular complexity index is 498. The monoisotopic (exact) mass is 329 g/mol. The quantitative estimate of drug-likeness (QED) is 0.868. The van der Waals surface area contributed by atoms with Crippen LogP contribution in [0.5, 0.6) is 0 Å². The van der Waals surface area contributed by atoms with Crippen molar-refractivity contribution < 1.29 is 9.18 Å². The maximum atomic E-state index is 13.4. The minimum absolute atomic E-state index is 0. The number of nitrogens with two attached hydrogens (primary N) is 1. The maximum Gasteiger partial charge on any atom is 0.234 e. The number of amides is 1. The third-order valence-corrected chi connectivity index (χ3v) is 4.09. The van der Waals surface area contributed by atoms with Crippen molar-refractivity contribution >= 4 is 18.3 Å². The molecule has 1 heterocycles. The smallest absolute Gasteiger partial charge is 0.234 e. The zero-order chi connectivity index (χ0) is 15.2. The molecule has 1 aliphatic heterocycles. The highest BCUT2D eigenvalue weighted by molar-refractivity contribution is 5.85. The van der Waals surface area contributed by atoms with E-state index in [2.05, 4.69) is 10.2 Å². The molecule has 1 unspecified atom stereocenters. The Morgan fingerprint density at radius 3 is 2.91 bits per heavy atom. The second-order valence-corrected chi connectivity index (χ2v) is 5.72. The summed E-state index contributed by atoms with van der Waals surface area (Å²) in [4.78, 5) is 14.2. The molecule has 3 N–H and O–H groups in total. The van der Waals surface area contributed by atoms with E-state index in [1.54, 1.807) is 13.0 Å². The molecule has 22 heavy (non-hydrogen) atoms. The fourth-order valence-corrected chi connectivity index (χ4v) is 2.72. The van der Waals surface area contributed by atoms with Gasteiger partial charge in [0.05, 0.1) is 6.54 Å². The number of nitrogens with zero attached hydrogens (tertiary/aromatic N) is 1. The minimum Gasteiger partial charge on any atom is -0.351 e. The lowest BCUT2D eigenvalue weighted by Crippen LogP contribution is -2.48. The first-order valence-electron chi connectivity index (χ1n) is 7.56. The van der Waals surface area contributed by atoms with Crippen molar-refractivity contribution in [3.8, 4) is 0 Å². The molecule has 1 saturated heterocycles. The third-order valence-electron chi connectivity index (χ3n) is 4.09. The van der Waals surface area contributed by atoms with E-state index in [-0.39, 0.29) is 24.1 Å². The molecule has 2 rings (SSSR count). The maximum absolute atomic E-state index is 13.4. The zero-order valence-electron chi connectivity index (χ0n) is 13.0. The summed E-state index contributed by atoms with van der Waals surface area (Å²) in [6.07, 6.45) is 3.36. The summed E-state index contributed by atoms with van der Waals surface area (Å²) in [7, 11) is 0. The Hall–Kier alpha value is -1.17. The molecule has 1 aromatic carbocycles. The standard InChI is InChI=1S/C16H24FN3O.ClH/c1-12-5-6-13(8-15(12)17)10-19-16(21)11-20-7-3-2-4-14(20)9-18;/h5-6,8,14H,2-4,7,9-11,18H2,1H3,(H,19,21);1H. The zero-order valence-corrected chi connectivity index (χ0v) is 13.8. The van der Waals surface area contributed by atoms with Crippen LogP contribution in [-0.4, -0.2) is 36.5 Å². The van der Waals surface area contributed by atoms with Crippen molar-refractivity contribution in [2.75, 3.05) is 19.6 Å².